The topological polar surface area (TPSA) is 54.9 Å². The van der Waals surface area contributed by atoms with Crippen molar-refractivity contribution in [2.75, 3.05) is 39.5 Å². The van der Waals surface area contributed by atoms with Gasteiger partial charge in [-0.05, 0) is 51.1 Å². The standard InChI is InChI=1S/C24H28Cl2FN3O3S/c1-23(2,27)17-11-15(12-28-21(17)32-3)33-20-18(25)6-5-16(19(20)26)22(31)29-9-7-24(8-10-29)13-30(14-24)34-4/h5-6,11-12H,7-10,13-14H2,1-4H3. The fourth-order valence-electron chi connectivity index (χ4n) is 4.49. The minimum atomic E-state index is -1.71. The monoisotopic (exact) mass is 527 g/mol. The summed E-state index contributed by atoms with van der Waals surface area (Å²) in [5.74, 6) is 0.377. The highest BCUT2D eigenvalue weighted by Gasteiger charge is 2.45. The van der Waals surface area contributed by atoms with E-state index in [-0.39, 0.29) is 38.9 Å². The molecule has 2 fully saturated rings. The summed E-state index contributed by atoms with van der Waals surface area (Å²) >= 11 is 14.7. The second-order valence-electron chi connectivity index (χ2n) is 9.31. The molecule has 0 radical (unpaired) electrons. The van der Waals surface area contributed by atoms with E-state index < -0.39 is 5.67 Å². The van der Waals surface area contributed by atoms with Crippen molar-refractivity contribution in [1.29, 1.82) is 0 Å². The van der Waals surface area contributed by atoms with E-state index in [4.69, 9.17) is 32.7 Å². The zero-order valence-corrected chi connectivity index (χ0v) is 22.0. The molecule has 1 aromatic heterocycles. The van der Waals surface area contributed by atoms with Crippen LogP contribution in [0.2, 0.25) is 10.0 Å². The first-order valence-electron chi connectivity index (χ1n) is 11.0. The number of carbonyl (C=O) groups excluding carboxylic acids is 1. The van der Waals surface area contributed by atoms with Crippen LogP contribution in [0.3, 0.4) is 0 Å². The molecule has 1 aromatic carbocycles. The average Bonchev–Trinajstić information content (AvgIpc) is 2.79. The van der Waals surface area contributed by atoms with Crippen LogP contribution in [0, 0.1) is 5.41 Å². The number of carbonyl (C=O) groups is 1. The van der Waals surface area contributed by atoms with Gasteiger partial charge in [0, 0.05) is 31.6 Å². The zero-order chi connectivity index (χ0) is 24.7. The van der Waals surface area contributed by atoms with E-state index in [9.17, 15) is 9.18 Å². The normalized spacial score (nSPS) is 18.0. The van der Waals surface area contributed by atoms with Crippen LogP contribution in [0.15, 0.2) is 24.4 Å². The zero-order valence-electron chi connectivity index (χ0n) is 19.7. The number of hydrogen-bond donors (Lipinski definition) is 0. The molecule has 4 rings (SSSR count). The molecule has 34 heavy (non-hydrogen) atoms. The van der Waals surface area contributed by atoms with Crippen molar-refractivity contribution in [3.05, 3.63) is 45.6 Å². The van der Waals surface area contributed by atoms with Gasteiger partial charge in [-0.15, -0.1) is 0 Å². The molecule has 6 nitrogen and oxygen atoms in total. The Morgan fingerprint density at radius 2 is 1.91 bits per heavy atom. The van der Waals surface area contributed by atoms with Crippen molar-refractivity contribution in [2.24, 2.45) is 5.41 Å². The maximum Gasteiger partial charge on any atom is 0.255 e. The molecular weight excluding hydrogens is 500 g/mol. The number of alkyl halides is 1. The SMILES string of the molecule is COc1ncc(Oc2c(Cl)ccc(C(=O)N3CCC4(CC3)CN(SC)C4)c2Cl)cc1C(C)(C)F. The van der Waals surface area contributed by atoms with E-state index in [1.807, 2.05) is 4.90 Å². The average molecular weight is 528 g/mol. The van der Waals surface area contributed by atoms with Crippen LogP contribution in [-0.4, -0.2) is 59.6 Å². The molecule has 1 amide bonds. The first-order valence-corrected chi connectivity index (χ1v) is 13.0. The number of hydrogen-bond acceptors (Lipinski definition) is 6. The molecule has 2 aliphatic heterocycles. The third-order valence-electron chi connectivity index (χ3n) is 6.55. The molecule has 3 heterocycles. The second-order valence-corrected chi connectivity index (χ2v) is 11.0. The largest absolute Gasteiger partial charge is 0.481 e. The Morgan fingerprint density at radius 3 is 2.50 bits per heavy atom. The second kappa shape index (κ2) is 9.72. The Kier molecular flexibility index (Phi) is 7.25. The number of aromatic nitrogens is 1. The summed E-state index contributed by atoms with van der Waals surface area (Å²) in [5.41, 5.74) is -0.836. The lowest BCUT2D eigenvalue weighted by atomic mass is 9.73. The molecule has 2 saturated heterocycles. The molecule has 0 aliphatic carbocycles. The molecule has 2 aliphatic rings. The van der Waals surface area contributed by atoms with Crippen LogP contribution in [0.4, 0.5) is 4.39 Å². The van der Waals surface area contributed by atoms with Gasteiger partial charge in [-0.2, -0.15) is 0 Å². The Hall–Kier alpha value is -1.74. The van der Waals surface area contributed by atoms with Gasteiger partial charge in [-0.1, -0.05) is 35.1 Å². The number of halogens is 3. The molecule has 0 unspecified atom stereocenters. The fraction of sp³-hybridized carbons (Fsp3) is 0.500. The third-order valence-corrected chi connectivity index (χ3v) is 8.00. The Balaban J connectivity index is 1.53. The molecule has 0 N–H and O–H groups in total. The summed E-state index contributed by atoms with van der Waals surface area (Å²) in [4.78, 5) is 19.3. The first kappa shape index (κ1) is 25.4. The van der Waals surface area contributed by atoms with Gasteiger partial charge >= 0.3 is 0 Å². The van der Waals surface area contributed by atoms with Crippen LogP contribution in [-0.2, 0) is 5.67 Å². The van der Waals surface area contributed by atoms with E-state index in [2.05, 4.69) is 15.5 Å². The number of amides is 1. The third kappa shape index (κ3) is 4.96. The fourth-order valence-corrected chi connectivity index (χ4v) is 5.82. The van der Waals surface area contributed by atoms with Crippen LogP contribution < -0.4 is 9.47 Å². The van der Waals surface area contributed by atoms with Gasteiger partial charge in [0.1, 0.15) is 11.4 Å². The lowest BCUT2D eigenvalue weighted by Crippen LogP contribution is -2.58. The summed E-state index contributed by atoms with van der Waals surface area (Å²) < 4.78 is 28.1. The van der Waals surface area contributed by atoms with Crippen LogP contribution in [0.1, 0.15) is 42.6 Å². The molecule has 10 heteroatoms. The van der Waals surface area contributed by atoms with E-state index in [1.54, 1.807) is 24.1 Å². The number of pyridine rings is 1. The van der Waals surface area contributed by atoms with Crippen molar-refractivity contribution in [2.45, 2.75) is 32.4 Å². The van der Waals surface area contributed by atoms with Crippen LogP contribution in [0.5, 0.6) is 17.4 Å². The smallest absolute Gasteiger partial charge is 0.255 e. The van der Waals surface area contributed by atoms with E-state index in [1.165, 1.54) is 33.2 Å². The van der Waals surface area contributed by atoms with E-state index in [0.717, 1.165) is 25.9 Å². The summed E-state index contributed by atoms with van der Waals surface area (Å²) in [6, 6.07) is 4.69. The van der Waals surface area contributed by atoms with Gasteiger partial charge in [0.05, 0.1) is 34.5 Å². The van der Waals surface area contributed by atoms with Crippen LogP contribution in [0.25, 0.3) is 0 Å². The number of piperidine rings is 1. The van der Waals surface area contributed by atoms with Gasteiger partial charge in [0.15, 0.2) is 5.75 Å². The lowest BCUT2D eigenvalue weighted by molar-refractivity contribution is 0.00811. The van der Waals surface area contributed by atoms with Gasteiger partial charge in [0.2, 0.25) is 5.88 Å². The molecule has 0 saturated carbocycles. The van der Waals surface area contributed by atoms with Gasteiger partial charge in [-0.3, -0.25) is 4.79 Å². The Labute approximate surface area is 213 Å². The summed E-state index contributed by atoms with van der Waals surface area (Å²) in [6.45, 7) is 6.33. The number of methoxy groups -OCH3 is 1. The molecule has 2 aromatic rings. The molecule has 0 atom stereocenters. The number of benzene rings is 1. The van der Waals surface area contributed by atoms with Crippen LogP contribution >= 0.6 is 35.1 Å². The first-order chi connectivity index (χ1) is 16.1. The minimum absolute atomic E-state index is 0.117. The maximum atomic E-state index is 14.7. The van der Waals surface area contributed by atoms with Gasteiger partial charge in [-0.25, -0.2) is 13.7 Å². The minimum Gasteiger partial charge on any atom is -0.481 e. The van der Waals surface area contributed by atoms with Crippen molar-refractivity contribution >= 4 is 41.1 Å². The number of ether oxygens (including phenoxy) is 2. The molecular formula is C24H28Cl2FN3O3S. The van der Waals surface area contributed by atoms with E-state index in [0.29, 0.717) is 24.1 Å². The van der Waals surface area contributed by atoms with Crippen molar-refractivity contribution < 1.29 is 18.7 Å². The van der Waals surface area contributed by atoms with Crippen molar-refractivity contribution in [3.63, 3.8) is 0 Å². The number of likely N-dealkylation sites (tertiary alicyclic amines) is 1. The Bertz CT molecular complexity index is 1080. The van der Waals surface area contributed by atoms with Crippen molar-refractivity contribution in [1.82, 2.24) is 14.2 Å². The summed E-state index contributed by atoms with van der Waals surface area (Å²) in [7, 11) is 1.42. The predicted octanol–water partition coefficient (Wildman–Crippen LogP) is 6.21. The highest BCUT2D eigenvalue weighted by Crippen LogP contribution is 2.44. The van der Waals surface area contributed by atoms with Gasteiger partial charge in [0.25, 0.3) is 5.91 Å². The van der Waals surface area contributed by atoms with Gasteiger partial charge < -0.3 is 14.4 Å². The van der Waals surface area contributed by atoms with E-state index >= 15 is 0 Å². The summed E-state index contributed by atoms with van der Waals surface area (Å²) in [5, 5.41) is 0.356. The summed E-state index contributed by atoms with van der Waals surface area (Å²) in [6.07, 6.45) is 5.44. The molecule has 1 spiro atoms. The number of nitrogens with zero attached hydrogens (tertiary/aromatic N) is 3. The highest BCUT2D eigenvalue weighted by atomic mass is 35.5. The Morgan fingerprint density at radius 1 is 1.24 bits per heavy atom. The van der Waals surface area contributed by atoms with Crippen molar-refractivity contribution in [3.8, 4) is 17.4 Å². The quantitative estimate of drug-likeness (QED) is 0.416. The highest BCUT2D eigenvalue weighted by molar-refractivity contribution is 7.96. The molecule has 184 valence electrons. The maximum absolute atomic E-state index is 14.7. The predicted molar refractivity (Wildman–Crippen MR) is 134 cm³/mol. The lowest BCUT2D eigenvalue weighted by Gasteiger charge is -2.53. The molecule has 0 bridgehead atoms. The number of rotatable bonds is 6.